The van der Waals surface area contributed by atoms with Crippen LogP contribution < -0.4 is 0 Å². The minimum atomic E-state index is 0.396. The Hall–Kier alpha value is 0. The SMILES string of the molecule is CCC(C)(CC(C)(CC)C(C)(C)C)C(C)C. The Morgan fingerprint density at radius 2 is 1.25 bits per heavy atom. The second kappa shape index (κ2) is 5.10. The van der Waals surface area contributed by atoms with Crippen LogP contribution in [0, 0.1) is 22.2 Å². The van der Waals surface area contributed by atoms with Crippen LogP contribution in [0.1, 0.15) is 81.6 Å². The van der Waals surface area contributed by atoms with Gasteiger partial charge in [0.05, 0.1) is 0 Å². The molecule has 0 heteroatoms. The maximum atomic E-state index is 2.48. The van der Waals surface area contributed by atoms with Crippen LogP contribution in [-0.2, 0) is 0 Å². The van der Waals surface area contributed by atoms with Crippen LogP contribution >= 0.6 is 0 Å². The Bertz CT molecular complexity index is 209. The molecular formula is C16H34. The van der Waals surface area contributed by atoms with Gasteiger partial charge < -0.3 is 0 Å². The summed E-state index contributed by atoms with van der Waals surface area (Å²) in [6.45, 7) is 21.6. The molecule has 0 aromatic rings. The Kier molecular flexibility index (Phi) is 5.10. The van der Waals surface area contributed by atoms with Gasteiger partial charge in [0, 0.05) is 0 Å². The van der Waals surface area contributed by atoms with E-state index in [9.17, 15) is 0 Å². The van der Waals surface area contributed by atoms with Gasteiger partial charge in [-0.15, -0.1) is 0 Å². The van der Waals surface area contributed by atoms with Gasteiger partial charge in [-0.25, -0.2) is 0 Å². The molecule has 0 amide bonds. The van der Waals surface area contributed by atoms with Gasteiger partial charge in [0.2, 0.25) is 0 Å². The van der Waals surface area contributed by atoms with Crippen molar-refractivity contribution in [3.8, 4) is 0 Å². The minimum Gasteiger partial charge on any atom is -0.0649 e. The molecule has 2 unspecified atom stereocenters. The van der Waals surface area contributed by atoms with Gasteiger partial charge in [-0.1, -0.05) is 75.2 Å². The van der Waals surface area contributed by atoms with Crippen molar-refractivity contribution in [3.63, 3.8) is 0 Å². The molecule has 0 aromatic carbocycles. The zero-order valence-corrected chi connectivity index (χ0v) is 13.2. The van der Waals surface area contributed by atoms with Crippen LogP contribution in [-0.4, -0.2) is 0 Å². The van der Waals surface area contributed by atoms with Crippen molar-refractivity contribution in [2.75, 3.05) is 0 Å². The summed E-state index contributed by atoms with van der Waals surface area (Å²) >= 11 is 0. The monoisotopic (exact) mass is 226 g/mol. The molecule has 0 N–H and O–H groups in total. The molecule has 98 valence electrons. The lowest BCUT2D eigenvalue weighted by atomic mass is 9.57. The average Bonchev–Trinajstić information content (AvgIpc) is 2.15. The average molecular weight is 226 g/mol. The molecule has 16 heavy (non-hydrogen) atoms. The first kappa shape index (κ1) is 16.0. The van der Waals surface area contributed by atoms with Gasteiger partial charge in [0.1, 0.15) is 0 Å². The van der Waals surface area contributed by atoms with Crippen LogP contribution in [0.2, 0.25) is 0 Å². The molecule has 0 saturated heterocycles. The van der Waals surface area contributed by atoms with Gasteiger partial charge in [-0.2, -0.15) is 0 Å². The molecule has 0 aliphatic rings. The highest BCUT2D eigenvalue weighted by Gasteiger charge is 2.42. The van der Waals surface area contributed by atoms with Gasteiger partial charge >= 0.3 is 0 Å². The zero-order valence-electron chi connectivity index (χ0n) is 13.2. The molecule has 0 fully saturated rings. The second-order valence-corrected chi connectivity index (χ2v) is 7.50. The minimum absolute atomic E-state index is 0.396. The normalized spacial score (nSPS) is 20.6. The van der Waals surface area contributed by atoms with Gasteiger partial charge in [0.25, 0.3) is 0 Å². The van der Waals surface area contributed by atoms with E-state index in [1.165, 1.54) is 19.3 Å². The van der Waals surface area contributed by atoms with E-state index in [4.69, 9.17) is 0 Å². The summed E-state index contributed by atoms with van der Waals surface area (Å²) in [4.78, 5) is 0. The van der Waals surface area contributed by atoms with Crippen LogP contribution in [0.3, 0.4) is 0 Å². The highest BCUT2D eigenvalue weighted by atomic mass is 14.5. The van der Waals surface area contributed by atoms with E-state index in [1.807, 2.05) is 0 Å². The summed E-state index contributed by atoms with van der Waals surface area (Å²) in [6.07, 6.45) is 3.91. The van der Waals surface area contributed by atoms with Crippen molar-refractivity contribution in [2.24, 2.45) is 22.2 Å². The largest absolute Gasteiger partial charge is 0.0649 e. The summed E-state index contributed by atoms with van der Waals surface area (Å²) in [5, 5.41) is 0. The summed E-state index contributed by atoms with van der Waals surface area (Å²) < 4.78 is 0. The third-order valence-corrected chi connectivity index (χ3v) is 5.59. The van der Waals surface area contributed by atoms with Gasteiger partial charge in [0.15, 0.2) is 0 Å². The van der Waals surface area contributed by atoms with Crippen molar-refractivity contribution < 1.29 is 0 Å². The fraction of sp³-hybridized carbons (Fsp3) is 1.00. The molecule has 0 heterocycles. The second-order valence-electron chi connectivity index (χ2n) is 7.50. The molecule has 0 aliphatic carbocycles. The lowest BCUT2D eigenvalue weighted by Gasteiger charge is -2.48. The van der Waals surface area contributed by atoms with Gasteiger partial charge in [-0.3, -0.25) is 0 Å². The van der Waals surface area contributed by atoms with Crippen LogP contribution in [0.25, 0.3) is 0 Å². The smallest absolute Gasteiger partial charge is 0.0275 e. The predicted octanol–water partition coefficient (Wildman–Crippen LogP) is 5.91. The topological polar surface area (TPSA) is 0 Å². The highest BCUT2D eigenvalue weighted by molar-refractivity contribution is 4.92. The third kappa shape index (κ3) is 3.25. The Morgan fingerprint density at radius 3 is 1.44 bits per heavy atom. The molecule has 0 aromatic heterocycles. The molecule has 0 radical (unpaired) electrons. The molecule has 2 atom stereocenters. The number of hydrogen-bond acceptors (Lipinski definition) is 0. The number of rotatable bonds is 5. The van der Waals surface area contributed by atoms with Crippen molar-refractivity contribution in [2.45, 2.75) is 81.6 Å². The Labute approximate surface area is 104 Å². The first-order valence-electron chi connectivity index (χ1n) is 7.02. The molecule has 0 rings (SSSR count). The zero-order chi connectivity index (χ0) is 13.2. The Balaban J connectivity index is 5.04. The van der Waals surface area contributed by atoms with Crippen molar-refractivity contribution >= 4 is 0 Å². The van der Waals surface area contributed by atoms with Crippen LogP contribution in [0.15, 0.2) is 0 Å². The molecule has 0 saturated carbocycles. The highest BCUT2D eigenvalue weighted by Crippen LogP contribution is 2.51. The number of hydrogen-bond donors (Lipinski definition) is 0. The Morgan fingerprint density at radius 1 is 0.812 bits per heavy atom. The third-order valence-electron chi connectivity index (χ3n) is 5.59. The first-order valence-corrected chi connectivity index (χ1v) is 7.02. The predicted molar refractivity (Wildman–Crippen MR) is 75.7 cm³/mol. The summed E-state index contributed by atoms with van der Waals surface area (Å²) in [7, 11) is 0. The molecular weight excluding hydrogens is 192 g/mol. The molecule has 0 nitrogen and oxygen atoms in total. The van der Waals surface area contributed by atoms with Crippen molar-refractivity contribution in [1.82, 2.24) is 0 Å². The maximum Gasteiger partial charge on any atom is -0.0275 e. The molecule has 0 bridgehead atoms. The fourth-order valence-corrected chi connectivity index (χ4v) is 2.55. The van der Waals surface area contributed by atoms with E-state index in [1.54, 1.807) is 0 Å². The first-order chi connectivity index (χ1) is 7.02. The van der Waals surface area contributed by atoms with E-state index in [0.29, 0.717) is 16.2 Å². The van der Waals surface area contributed by atoms with Crippen molar-refractivity contribution in [3.05, 3.63) is 0 Å². The molecule has 0 spiro atoms. The van der Waals surface area contributed by atoms with E-state index >= 15 is 0 Å². The van der Waals surface area contributed by atoms with Crippen LogP contribution in [0.4, 0.5) is 0 Å². The standard InChI is InChI=1S/C16H34/c1-10-15(8,13(3)4)12-16(9,11-2)14(5,6)7/h13H,10-12H2,1-9H3. The van der Waals surface area contributed by atoms with Crippen molar-refractivity contribution in [1.29, 1.82) is 0 Å². The maximum absolute atomic E-state index is 2.48. The van der Waals surface area contributed by atoms with Gasteiger partial charge in [-0.05, 0) is 28.6 Å². The molecule has 0 aliphatic heterocycles. The lowest BCUT2D eigenvalue weighted by molar-refractivity contribution is 0.0156. The van der Waals surface area contributed by atoms with E-state index in [-0.39, 0.29) is 0 Å². The van der Waals surface area contributed by atoms with E-state index < -0.39 is 0 Å². The van der Waals surface area contributed by atoms with E-state index in [2.05, 4.69) is 62.3 Å². The summed E-state index contributed by atoms with van der Waals surface area (Å²) in [5.41, 5.74) is 1.33. The summed E-state index contributed by atoms with van der Waals surface area (Å²) in [6, 6.07) is 0. The van der Waals surface area contributed by atoms with Crippen LogP contribution in [0.5, 0.6) is 0 Å². The lowest BCUT2D eigenvalue weighted by Crippen LogP contribution is -2.39. The fourth-order valence-electron chi connectivity index (χ4n) is 2.55. The quantitative estimate of drug-likeness (QED) is 0.546. The van der Waals surface area contributed by atoms with E-state index in [0.717, 1.165) is 5.92 Å². The summed E-state index contributed by atoms with van der Waals surface area (Å²) in [5.74, 6) is 0.769.